The monoisotopic (exact) mass is 437 g/mol. The summed E-state index contributed by atoms with van der Waals surface area (Å²) in [5.41, 5.74) is 3.13. The van der Waals surface area contributed by atoms with Crippen molar-refractivity contribution in [2.24, 2.45) is 0 Å². The fraction of sp³-hybridized carbons (Fsp3) is 0.480. The first kappa shape index (κ1) is 20.9. The number of likely N-dealkylation sites (N-methyl/N-ethyl adjacent to an activating group) is 1. The number of fused-ring (bicyclic) bond motifs is 3. The summed E-state index contributed by atoms with van der Waals surface area (Å²) < 4.78 is 16.7. The van der Waals surface area contributed by atoms with Gasteiger partial charge in [-0.25, -0.2) is 4.79 Å². The molecule has 0 unspecified atom stereocenters. The Kier molecular flexibility index (Phi) is 5.37. The van der Waals surface area contributed by atoms with Crippen molar-refractivity contribution in [3.63, 3.8) is 0 Å². The predicted octanol–water partition coefficient (Wildman–Crippen LogP) is 4.03. The van der Waals surface area contributed by atoms with E-state index in [1.807, 2.05) is 29.2 Å². The normalized spacial score (nSPS) is 20.1. The molecule has 0 saturated carbocycles. The average Bonchev–Trinajstić information content (AvgIpc) is 3.32. The predicted molar refractivity (Wildman–Crippen MR) is 121 cm³/mol. The number of ether oxygens (including phenoxy) is 2. The van der Waals surface area contributed by atoms with Gasteiger partial charge in [0.25, 0.3) is 0 Å². The van der Waals surface area contributed by atoms with Gasteiger partial charge in [-0.1, -0.05) is 6.08 Å². The first-order valence-corrected chi connectivity index (χ1v) is 11.4. The van der Waals surface area contributed by atoms with Gasteiger partial charge in [0.2, 0.25) is 0 Å². The topological polar surface area (TPSA) is 58.4 Å². The second-order valence-corrected chi connectivity index (χ2v) is 8.76. The van der Waals surface area contributed by atoms with Crippen LogP contribution in [0.5, 0.6) is 11.5 Å². The van der Waals surface area contributed by atoms with E-state index in [4.69, 9.17) is 13.9 Å². The highest BCUT2D eigenvalue weighted by atomic mass is 16.5. The van der Waals surface area contributed by atoms with Gasteiger partial charge in [-0.15, -0.1) is 0 Å². The summed E-state index contributed by atoms with van der Waals surface area (Å²) in [6.45, 7) is 6.01. The quantitative estimate of drug-likeness (QED) is 0.707. The number of hydrogen-bond acceptors (Lipinski definition) is 5. The van der Waals surface area contributed by atoms with Crippen molar-refractivity contribution in [2.45, 2.75) is 44.8 Å². The number of furan rings is 1. The molecule has 2 fully saturated rings. The molecule has 0 radical (unpaired) electrons. The van der Waals surface area contributed by atoms with E-state index in [0.717, 1.165) is 73.0 Å². The Morgan fingerprint density at radius 3 is 2.62 bits per heavy atom. The Morgan fingerprint density at radius 1 is 1.16 bits per heavy atom. The van der Waals surface area contributed by atoms with E-state index in [0.29, 0.717) is 13.1 Å². The van der Waals surface area contributed by atoms with E-state index in [1.54, 1.807) is 20.5 Å². The Labute approximate surface area is 189 Å². The molecule has 1 aromatic heterocycles. The zero-order chi connectivity index (χ0) is 22.3. The van der Waals surface area contributed by atoms with Crippen LogP contribution in [0.25, 0.3) is 0 Å². The van der Waals surface area contributed by atoms with Gasteiger partial charge in [-0.3, -0.25) is 9.80 Å². The van der Waals surface area contributed by atoms with Gasteiger partial charge in [-0.05, 0) is 49.9 Å². The van der Waals surface area contributed by atoms with Gasteiger partial charge in [0.15, 0.2) is 0 Å². The highest BCUT2D eigenvalue weighted by molar-refractivity contribution is 5.83. The Hall–Kier alpha value is -2.93. The number of urea groups is 1. The Morgan fingerprint density at radius 2 is 1.97 bits per heavy atom. The summed E-state index contributed by atoms with van der Waals surface area (Å²) in [6, 6.07) is 8.03. The van der Waals surface area contributed by atoms with Crippen LogP contribution in [0.4, 0.5) is 4.79 Å². The lowest BCUT2D eigenvalue weighted by Gasteiger charge is -2.44. The molecule has 0 bridgehead atoms. The first-order chi connectivity index (χ1) is 15.6. The number of benzene rings is 1. The standard InChI is InChI=1S/C25H31N3O4/c1-4-28-24(29)27-16-18-14-20(30-2)15-22(31-3)21(18)7-8-23(27)25(28)9-11-26(12-10-25)17-19-6-5-13-32-19/h5-6,8,13-15H,4,7,9-12,16-17H2,1-3H3. The summed E-state index contributed by atoms with van der Waals surface area (Å²) >= 11 is 0. The van der Waals surface area contributed by atoms with Crippen molar-refractivity contribution in [1.29, 1.82) is 0 Å². The minimum atomic E-state index is -0.245. The number of rotatable bonds is 5. The second kappa shape index (κ2) is 8.20. The molecule has 0 atom stereocenters. The molecule has 2 saturated heterocycles. The second-order valence-electron chi connectivity index (χ2n) is 8.76. The zero-order valence-corrected chi connectivity index (χ0v) is 19.1. The molecule has 4 heterocycles. The molecule has 32 heavy (non-hydrogen) atoms. The lowest BCUT2D eigenvalue weighted by molar-refractivity contribution is 0.0853. The maximum atomic E-state index is 13.6. The summed E-state index contributed by atoms with van der Waals surface area (Å²) in [5.74, 6) is 2.56. The number of nitrogens with zero attached hydrogens (tertiary/aromatic N) is 3. The largest absolute Gasteiger partial charge is 0.497 e. The van der Waals surface area contributed by atoms with Gasteiger partial charge in [0.05, 0.1) is 39.1 Å². The third kappa shape index (κ3) is 3.26. The van der Waals surface area contributed by atoms with Gasteiger partial charge in [-0.2, -0.15) is 0 Å². The number of hydrogen-bond donors (Lipinski definition) is 0. The molecule has 1 aromatic carbocycles. The molecule has 1 spiro atoms. The molecule has 0 N–H and O–H groups in total. The number of allylic oxidation sites excluding steroid dienone is 1. The van der Waals surface area contributed by atoms with Crippen molar-refractivity contribution in [1.82, 2.24) is 14.7 Å². The molecule has 170 valence electrons. The molecule has 2 aromatic rings. The molecule has 5 rings (SSSR count). The van der Waals surface area contributed by atoms with E-state index >= 15 is 0 Å². The molecule has 0 aliphatic carbocycles. The number of likely N-dealkylation sites (tertiary alicyclic amines) is 1. The smallest absolute Gasteiger partial charge is 0.325 e. The SMILES string of the molecule is CCN1C(=O)N2Cc3cc(OC)cc(OC)c3CC=C2C12CCN(Cc1ccco1)CC2. The molecule has 3 aliphatic heterocycles. The van der Waals surface area contributed by atoms with E-state index in [1.165, 1.54) is 0 Å². The molecular weight excluding hydrogens is 406 g/mol. The van der Waals surface area contributed by atoms with Crippen LogP contribution in [0.3, 0.4) is 0 Å². The number of piperidine rings is 1. The van der Waals surface area contributed by atoms with E-state index < -0.39 is 0 Å². The van der Waals surface area contributed by atoms with Crippen molar-refractivity contribution < 1.29 is 18.7 Å². The highest BCUT2D eigenvalue weighted by Crippen LogP contribution is 2.46. The van der Waals surface area contributed by atoms with Gasteiger partial charge in [0.1, 0.15) is 17.3 Å². The summed E-state index contributed by atoms with van der Waals surface area (Å²) in [7, 11) is 3.35. The highest BCUT2D eigenvalue weighted by Gasteiger charge is 2.54. The summed E-state index contributed by atoms with van der Waals surface area (Å²) in [5, 5.41) is 0. The maximum absolute atomic E-state index is 13.6. The number of carbonyl (C=O) groups is 1. The van der Waals surface area contributed by atoms with E-state index in [-0.39, 0.29) is 11.6 Å². The third-order valence-corrected chi connectivity index (χ3v) is 7.26. The minimum Gasteiger partial charge on any atom is -0.497 e. The van der Waals surface area contributed by atoms with Crippen LogP contribution >= 0.6 is 0 Å². The lowest BCUT2D eigenvalue weighted by Crippen LogP contribution is -2.53. The number of amides is 2. The molecule has 7 nitrogen and oxygen atoms in total. The van der Waals surface area contributed by atoms with Crippen LogP contribution in [0, 0.1) is 0 Å². The fourth-order valence-corrected chi connectivity index (χ4v) is 5.66. The van der Waals surface area contributed by atoms with Crippen molar-refractivity contribution in [2.75, 3.05) is 33.9 Å². The van der Waals surface area contributed by atoms with Crippen molar-refractivity contribution in [3.05, 3.63) is 59.2 Å². The average molecular weight is 438 g/mol. The number of methoxy groups -OCH3 is 2. The van der Waals surface area contributed by atoms with Crippen molar-refractivity contribution >= 4 is 6.03 Å². The van der Waals surface area contributed by atoms with Gasteiger partial charge >= 0.3 is 6.03 Å². The fourth-order valence-electron chi connectivity index (χ4n) is 5.66. The maximum Gasteiger partial charge on any atom is 0.325 e. The van der Waals surface area contributed by atoms with Crippen LogP contribution in [0.1, 0.15) is 36.7 Å². The molecule has 7 heteroatoms. The number of carbonyl (C=O) groups excluding carboxylic acids is 1. The van der Waals surface area contributed by atoms with Crippen LogP contribution < -0.4 is 9.47 Å². The Bertz CT molecular complexity index is 1020. The van der Waals surface area contributed by atoms with Crippen molar-refractivity contribution in [3.8, 4) is 11.5 Å². The van der Waals surface area contributed by atoms with E-state index in [2.05, 4.69) is 22.8 Å². The van der Waals surface area contributed by atoms with Crippen LogP contribution in [-0.4, -0.2) is 60.1 Å². The minimum absolute atomic E-state index is 0.105. The van der Waals surface area contributed by atoms with Gasteiger partial charge in [0, 0.05) is 37.0 Å². The van der Waals surface area contributed by atoms with Crippen LogP contribution in [-0.2, 0) is 19.5 Å². The first-order valence-electron chi connectivity index (χ1n) is 11.4. The zero-order valence-electron chi connectivity index (χ0n) is 19.1. The third-order valence-electron chi connectivity index (χ3n) is 7.26. The summed E-state index contributed by atoms with van der Waals surface area (Å²) in [6.07, 6.45) is 6.58. The van der Waals surface area contributed by atoms with E-state index in [9.17, 15) is 4.79 Å². The molecule has 3 aliphatic rings. The molecular formula is C25H31N3O4. The molecule has 2 amide bonds. The van der Waals surface area contributed by atoms with Crippen LogP contribution in [0.15, 0.2) is 46.7 Å². The summed E-state index contributed by atoms with van der Waals surface area (Å²) in [4.78, 5) is 20.1. The van der Waals surface area contributed by atoms with Crippen LogP contribution in [0.2, 0.25) is 0 Å². The van der Waals surface area contributed by atoms with Gasteiger partial charge < -0.3 is 18.8 Å². The lowest BCUT2D eigenvalue weighted by atomic mass is 9.83. The Balaban J connectivity index is 1.45.